The average Bonchev–Trinajstić information content (AvgIpc) is 2.88. The molecule has 0 spiro atoms. The SMILES string of the molecule is C/C=C/C(=O)N1CCCC(C)C1.CN=C(c1ccc(Oc2ccccc2)cc1)c1c(C)ncnc1N. The zero-order chi connectivity index (χ0) is 25.9. The van der Waals surface area contributed by atoms with Gasteiger partial charge < -0.3 is 15.4 Å². The third kappa shape index (κ3) is 7.25. The molecule has 0 saturated carbocycles. The fourth-order valence-electron chi connectivity index (χ4n) is 4.11. The topological polar surface area (TPSA) is 93.7 Å². The van der Waals surface area contributed by atoms with Crippen LogP contribution in [0.3, 0.4) is 0 Å². The van der Waals surface area contributed by atoms with Crippen molar-refractivity contribution in [1.82, 2.24) is 14.9 Å². The molecule has 1 fully saturated rings. The van der Waals surface area contributed by atoms with E-state index in [0.29, 0.717) is 11.7 Å². The molecule has 1 aliphatic heterocycles. The molecule has 7 nitrogen and oxygen atoms in total. The van der Waals surface area contributed by atoms with E-state index in [1.165, 1.54) is 12.7 Å². The monoisotopic (exact) mass is 485 g/mol. The summed E-state index contributed by atoms with van der Waals surface area (Å²) in [6.07, 6.45) is 7.34. The second-order valence-corrected chi connectivity index (χ2v) is 8.76. The van der Waals surface area contributed by atoms with Crippen LogP contribution in [0.4, 0.5) is 5.82 Å². The van der Waals surface area contributed by atoms with Gasteiger partial charge in [0.1, 0.15) is 23.6 Å². The number of nitrogens with two attached hydrogens (primary N) is 1. The van der Waals surface area contributed by atoms with Crippen molar-refractivity contribution in [3.63, 3.8) is 0 Å². The maximum absolute atomic E-state index is 11.4. The van der Waals surface area contributed by atoms with Crippen LogP contribution in [0.15, 0.2) is 78.1 Å². The van der Waals surface area contributed by atoms with Crippen molar-refractivity contribution in [1.29, 1.82) is 0 Å². The van der Waals surface area contributed by atoms with Gasteiger partial charge >= 0.3 is 0 Å². The highest BCUT2D eigenvalue weighted by molar-refractivity contribution is 6.15. The number of carbonyl (C=O) groups is 1. The lowest BCUT2D eigenvalue weighted by atomic mass is 10.0. The van der Waals surface area contributed by atoms with Crippen molar-refractivity contribution in [2.45, 2.75) is 33.6 Å². The summed E-state index contributed by atoms with van der Waals surface area (Å²) in [4.78, 5) is 26.0. The maximum atomic E-state index is 11.4. The molecule has 2 heterocycles. The number of ether oxygens (including phenoxy) is 1. The molecule has 1 atom stereocenters. The summed E-state index contributed by atoms with van der Waals surface area (Å²) in [7, 11) is 1.73. The van der Waals surface area contributed by atoms with Gasteiger partial charge in [-0.1, -0.05) is 31.2 Å². The number of aromatic nitrogens is 2. The lowest BCUT2D eigenvalue weighted by molar-refractivity contribution is -0.127. The summed E-state index contributed by atoms with van der Waals surface area (Å²) in [6.45, 7) is 7.85. The van der Waals surface area contributed by atoms with E-state index in [4.69, 9.17) is 10.5 Å². The lowest BCUT2D eigenvalue weighted by Gasteiger charge is -2.29. The van der Waals surface area contributed by atoms with Gasteiger partial charge in [-0.15, -0.1) is 0 Å². The molecule has 1 aliphatic rings. The first kappa shape index (κ1) is 26.6. The van der Waals surface area contributed by atoms with Gasteiger partial charge in [-0.2, -0.15) is 0 Å². The molecule has 0 aliphatic carbocycles. The van der Waals surface area contributed by atoms with Crippen molar-refractivity contribution in [3.05, 3.63) is 89.9 Å². The number of allylic oxidation sites excluding steroid dienone is 1. The van der Waals surface area contributed by atoms with E-state index in [1.54, 1.807) is 13.1 Å². The Bertz CT molecular complexity index is 1170. The van der Waals surface area contributed by atoms with Crippen molar-refractivity contribution in [3.8, 4) is 11.5 Å². The van der Waals surface area contributed by atoms with Gasteiger partial charge in [0, 0.05) is 25.7 Å². The minimum atomic E-state index is 0.170. The number of hydrogen-bond donors (Lipinski definition) is 1. The Morgan fingerprint density at radius 1 is 1.11 bits per heavy atom. The zero-order valence-electron chi connectivity index (χ0n) is 21.5. The molecule has 3 aromatic rings. The fourth-order valence-corrected chi connectivity index (χ4v) is 4.11. The number of para-hydroxylation sites is 1. The van der Waals surface area contributed by atoms with Crippen LogP contribution in [0.1, 0.15) is 43.5 Å². The number of anilines is 1. The number of nitrogen functional groups attached to an aromatic ring is 1. The number of piperidine rings is 1. The Labute approximate surface area is 213 Å². The molecule has 2 aromatic carbocycles. The van der Waals surface area contributed by atoms with Crippen molar-refractivity contribution < 1.29 is 9.53 Å². The molecule has 1 saturated heterocycles. The summed E-state index contributed by atoms with van der Waals surface area (Å²) in [6, 6.07) is 17.4. The van der Waals surface area contributed by atoms with Gasteiger partial charge in [0.15, 0.2) is 0 Å². The number of hydrogen-bond acceptors (Lipinski definition) is 6. The van der Waals surface area contributed by atoms with Crippen LogP contribution in [0.5, 0.6) is 11.5 Å². The standard InChI is InChI=1S/C19H18N4O.C10H17NO/c1-13-17(19(20)23-12-22-13)18(21-2)14-8-10-16(11-9-14)24-15-6-4-3-5-7-15;1-3-5-10(12)11-7-4-6-9(2)8-11/h3-12H,1-2H3,(H2,20,22,23);3,5,9H,4,6-8H2,1-2H3/b;5-3+. The Morgan fingerprint density at radius 3 is 2.42 bits per heavy atom. The van der Waals surface area contributed by atoms with E-state index in [-0.39, 0.29) is 5.91 Å². The Balaban J connectivity index is 0.000000253. The smallest absolute Gasteiger partial charge is 0.246 e. The quantitative estimate of drug-likeness (QED) is 0.383. The van der Waals surface area contributed by atoms with Crippen LogP contribution >= 0.6 is 0 Å². The summed E-state index contributed by atoms with van der Waals surface area (Å²) in [5, 5.41) is 0. The van der Waals surface area contributed by atoms with Crippen molar-refractivity contribution in [2.24, 2.45) is 10.9 Å². The number of rotatable bonds is 5. The molecule has 7 heteroatoms. The molecule has 4 rings (SSSR count). The van der Waals surface area contributed by atoms with E-state index in [9.17, 15) is 4.79 Å². The van der Waals surface area contributed by atoms with Crippen LogP contribution in [0.25, 0.3) is 0 Å². The molecule has 1 aromatic heterocycles. The molecule has 1 unspecified atom stereocenters. The second kappa shape index (κ2) is 13.2. The molecule has 0 radical (unpaired) electrons. The first-order chi connectivity index (χ1) is 17.4. The average molecular weight is 486 g/mol. The van der Waals surface area contributed by atoms with E-state index >= 15 is 0 Å². The maximum Gasteiger partial charge on any atom is 0.246 e. The fraction of sp³-hybridized carbons (Fsp3) is 0.310. The van der Waals surface area contributed by atoms with E-state index < -0.39 is 0 Å². The second-order valence-electron chi connectivity index (χ2n) is 8.76. The van der Waals surface area contributed by atoms with Crippen LogP contribution in [-0.2, 0) is 4.79 Å². The first-order valence-corrected chi connectivity index (χ1v) is 12.2. The Morgan fingerprint density at radius 2 is 1.81 bits per heavy atom. The first-order valence-electron chi connectivity index (χ1n) is 12.2. The number of aliphatic imine (C=N–C) groups is 1. The van der Waals surface area contributed by atoms with Crippen LogP contribution < -0.4 is 10.5 Å². The summed E-state index contributed by atoms with van der Waals surface area (Å²) < 4.78 is 5.81. The van der Waals surface area contributed by atoms with Gasteiger partial charge in [0.2, 0.25) is 5.91 Å². The third-order valence-corrected chi connectivity index (χ3v) is 5.91. The van der Waals surface area contributed by atoms with Gasteiger partial charge in [0.05, 0.1) is 17.0 Å². The molecule has 0 bridgehead atoms. The lowest BCUT2D eigenvalue weighted by Crippen LogP contribution is -2.38. The molecule has 1 amide bonds. The largest absolute Gasteiger partial charge is 0.457 e. The number of nitrogens with zero attached hydrogens (tertiary/aromatic N) is 4. The predicted molar refractivity (Wildman–Crippen MR) is 145 cm³/mol. The number of likely N-dealkylation sites (tertiary alicyclic amines) is 1. The Hall–Kier alpha value is -4.00. The highest BCUT2D eigenvalue weighted by Gasteiger charge is 2.18. The van der Waals surface area contributed by atoms with E-state index in [2.05, 4.69) is 21.9 Å². The zero-order valence-corrected chi connectivity index (χ0v) is 21.5. The highest BCUT2D eigenvalue weighted by atomic mass is 16.5. The Kier molecular flexibility index (Phi) is 9.74. The third-order valence-electron chi connectivity index (χ3n) is 5.91. The molecule has 188 valence electrons. The molecule has 2 N–H and O–H groups in total. The number of aryl methyl sites for hydroxylation is 1. The van der Waals surface area contributed by atoms with Gasteiger partial charge in [-0.25, -0.2) is 9.97 Å². The summed E-state index contributed by atoms with van der Waals surface area (Å²) in [5.74, 6) is 2.82. The van der Waals surface area contributed by atoms with Crippen LogP contribution in [-0.4, -0.2) is 46.6 Å². The van der Waals surface area contributed by atoms with E-state index in [1.807, 2.05) is 79.4 Å². The normalized spacial score (nSPS) is 15.8. The van der Waals surface area contributed by atoms with Crippen molar-refractivity contribution in [2.75, 3.05) is 25.9 Å². The predicted octanol–water partition coefficient (Wildman–Crippen LogP) is 5.45. The van der Waals surface area contributed by atoms with Crippen molar-refractivity contribution >= 4 is 17.4 Å². The van der Waals surface area contributed by atoms with E-state index in [0.717, 1.165) is 53.5 Å². The molecular formula is C29H35N5O2. The van der Waals surface area contributed by atoms with Gasteiger partial charge in [-0.3, -0.25) is 9.79 Å². The molecular weight excluding hydrogens is 450 g/mol. The minimum Gasteiger partial charge on any atom is -0.457 e. The summed E-state index contributed by atoms with van der Waals surface area (Å²) >= 11 is 0. The number of benzene rings is 2. The van der Waals surface area contributed by atoms with Crippen LogP contribution in [0, 0.1) is 12.8 Å². The van der Waals surface area contributed by atoms with Gasteiger partial charge in [-0.05, 0) is 75.1 Å². The van der Waals surface area contributed by atoms with Crippen LogP contribution in [0.2, 0.25) is 0 Å². The molecule has 36 heavy (non-hydrogen) atoms. The minimum absolute atomic E-state index is 0.170. The van der Waals surface area contributed by atoms with Gasteiger partial charge in [0.25, 0.3) is 0 Å². The summed E-state index contributed by atoms with van der Waals surface area (Å²) in [5.41, 5.74) is 9.26. The highest BCUT2D eigenvalue weighted by Crippen LogP contribution is 2.24. The number of amides is 1. The number of carbonyl (C=O) groups excluding carboxylic acids is 1.